The van der Waals surface area contributed by atoms with Crippen LogP contribution in [-0.4, -0.2) is 54.4 Å². The third kappa shape index (κ3) is 19.0. The number of carbonyl (C=O) groups excluding carboxylic acids is 4. The summed E-state index contributed by atoms with van der Waals surface area (Å²) in [6, 6.07) is -1.00. The molecule has 0 bridgehead atoms. The Morgan fingerprint density at radius 3 is 2.45 bits per heavy atom. The van der Waals surface area contributed by atoms with Gasteiger partial charge in [-0.1, -0.05) is 56.9 Å². The van der Waals surface area contributed by atoms with Crippen molar-refractivity contribution in [2.45, 2.75) is 84.6 Å². The Kier molecular flexibility index (Phi) is 19.0. The summed E-state index contributed by atoms with van der Waals surface area (Å²) in [6.45, 7) is 7.14. The monoisotopic (exact) mass is 485 g/mol. The highest BCUT2D eigenvalue weighted by molar-refractivity contribution is 8.13. The number of nitrogens with zero attached hydrogens (tertiary/aromatic N) is 3. The Labute approximate surface area is 201 Å². The van der Waals surface area contributed by atoms with Gasteiger partial charge < -0.3 is 15.4 Å². The molecule has 0 aromatic rings. The lowest BCUT2D eigenvalue weighted by Crippen LogP contribution is -2.41. The van der Waals surface area contributed by atoms with E-state index in [9.17, 15) is 19.2 Å². The zero-order chi connectivity index (χ0) is 24.9. The summed E-state index contributed by atoms with van der Waals surface area (Å²) in [4.78, 5) is 51.6. The molecule has 0 aromatic carbocycles. The van der Waals surface area contributed by atoms with E-state index in [1.165, 1.54) is 0 Å². The summed E-state index contributed by atoms with van der Waals surface area (Å²) in [7, 11) is 0. The van der Waals surface area contributed by atoms with Crippen LogP contribution in [-0.2, 0) is 23.9 Å². The van der Waals surface area contributed by atoms with E-state index in [0.717, 1.165) is 31.0 Å². The number of hydrogen-bond donors (Lipinski definition) is 2. The predicted octanol–water partition coefficient (Wildman–Crippen LogP) is 3.89. The summed E-state index contributed by atoms with van der Waals surface area (Å²) in [5.74, 6) is -0.572. The number of ether oxygens (including phenoxy) is 1. The number of esters is 1. The fraction of sp³-hybridized carbons (Fsp3) is 0.818. The number of carbonyl (C=O) groups is 4. The zero-order valence-corrected chi connectivity index (χ0v) is 21.0. The maximum atomic E-state index is 12.6. The molecular formula is C22H39N5O5S. The maximum absolute atomic E-state index is 12.6. The molecule has 0 aliphatic carbocycles. The molecule has 0 heterocycles. The fourth-order valence-corrected chi connectivity index (χ4v) is 3.50. The highest BCUT2D eigenvalue weighted by atomic mass is 32.2. The van der Waals surface area contributed by atoms with Crippen molar-refractivity contribution in [1.82, 2.24) is 10.6 Å². The molecule has 0 fully saturated rings. The largest absolute Gasteiger partial charge is 0.465 e. The molecule has 0 saturated carbocycles. The molecule has 0 saturated heterocycles. The van der Waals surface area contributed by atoms with Gasteiger partial charge in [0.1, 0.15) is 6.04 Å². The second kappa shape index (κ2) is 20.4. The van der Waals surface area contributed by atoms with Crippen molar-refractivity contribution in [2.24, 2.45) is 11.0 Å². The van der Waals surface area contributed by atoms with Crippen molar-refractivity contribution in [3.05, 3.63) is 10.4 Å². The highest BCUT2D eigenvalue weighted by Gasteiger charge is 2.25. The third-order valence-electron chi connectivity index (χ3n) is 4.47. The Morgan fingerprint density at radius 1 is 1.03 bits per heavy atom. The first-order valence-electron chi connectivity index (χ1n) is 11.7. The summed E-state index contributed by atoms with van der Waals surface area (Å²) >= 11 is 0.934. The van der Waals surface area contributed by atoms with Gasteiger partial charge in [-0.3, -0.25) is 19.2 Å². The van der Waals surface area contributed by atoms with Crippen molar-refractivity contribution in [3.8, 4) is 0 Å². The second-order valence-corrected chi connectivity index (χ2v) is 9.24. The van der Waals surface area contributed by atoms with Gasteiger partial charge in [0.2, 0.25) is 16.9 Å². The Bertz CT molecular complexity index is 653. The lowest BCUT2D eigenvalue weighted by atomic mass is 10.1. The topological polar surface area (TPSA) is 150 Å². The van der Waals surface area contributed by atoms with Crippen LogP contribution in [0.15, 0.2) is 5.11 Å². The summed E-state index contributed by atoms with van der Waals surface area (Å²) in [6.07, 6.45) is 5.16. The quantitative estimate of drug-likeness (QED) is 0.0931. The molecule has 1 unspecified atom stereocenters. The fourth-order valence-electron chi connectivity index (χ4n) is 2.67. The van der Waals surface area contributed by atoms with E-state index in [2.05, 4.69) is 27.6 Å². The van der Waals surface area contributed by atoms with Crippen LogP contribution in [0, 0.1) is 5.92 Å². The normalized spacial score (nSPS) is 11.4. The number of unbranched alkanes of at least 4 members (excludes halogenated alkanes) is 4. The third-order valence-corrected chi connectivity index (χ3v) is 5.45. The predicted molar refractivity (Wildman–Crippen MR) is 129 cm³/mol. The number of amides is 2. The molecule has 0 radical (unpaired) electrons. The SMILES string of the molecule is CCCCCNC(=O)CCSC(=O)C(CC(=O)OCC(C)C)NC(=O)CCCCCN=[N+]=[N-]. The minimum Gasteiger partial charge on any atom is -0.465 e. The maximum Gasteiger partial charge on any atom is 0.308 e. The average molecular weight is 486 g/mol. The highest BCUT2D eigenvalue weighted by Crippen LogP contribution is 2.12. The van der Waals surface area contributed by atoms with Crippen LogP contribution in [0.4, 0.5) is 0 Å². The van der Waals surface area contributed by atoms with Gasteiger partial charge in [0.15, 0.2) is 0 Å². The molecule has 2 N–H and O–H groups in total. The van der Waals surface area contributed by atoms with E-state index < -0.39 is 12.0 Å². The van der Waals surface area contributed by atoms with Gasteiger partial charge in [0.05, 0.1) is 13.0 Å². The van der Waals surface area contributed by atoms with Crippen molar-refractivity contribution in [3.63, 3.8) is 0 Å². The van der Waals surface area contributed by atoms with Gasteiger partial charge in [0.25, 0.3) is 0 Å². The standard InChI is InChI=1S/C22H39N5O5S/c1-4-5-8-12-24-19(28)11-14-33-22(31)18(15-21(30)32-16-17(2)3)26-20(29)10-7-6-9-13-25-27-23/h17-18H,4-16H2,1-3H3,(H,24,28)(H,26,29). The van der Waals surface area contributed by atoms with Crippen molar-refractivity contribution in [1.29, 1.82) is 0 Å². The lowest BCUT2D eigenvalue weighted by Gasteiger charge is -2.17. The Hall–Kier alpha value is -2.26. The first-order valence-corrected chi connectivity index (χ1v) is 12.7. The van der Waals surface area contributed by atoms with Gasteiger partial charge >= 0.3 is 5.97 Å². The van der Waals surface area contributed by atoms with E-state index >= 15 is 0 Å². The molecule has 1 atom stereocenters. The number of thioether (sulfide) groups is 1. The smallest absolute Gasteiger partial charge is 0.308 e. The lowest BCUT2D eigenvalue weighted by molar-refractivity contribution is -0.146. The van der Waals surface area contributed by atoms with Crippen LogP contribution in [0.2, 0.25) is 0 Å². The van der Waals surface area contributed by atoms with E-state index in [4.69, 9.17) is 10.3 Å². The van der Waals surface area contributed by atoms with Crippen LogP contribution in [0.5, 0.6) is 0 Å². The first-order chi connectivity index (χ1) is 15.8. The van der Waals surface area contributed by atoms with E-state index in [-0.39, 0.29) is 54.5 Å². The summed E-state index contributed by atoms with van der Waals surface area (Å²) < 4.78 is 5.15. The van der Waals surface area contributed by atoms with Crippen molar-refractivity contribution < 1.29 is 23.9 Å². The minimum absolute atomic E-state index is 0.121. The molecule has 188 valence electrons. The molecule has 11 heteroatoms. The second-order valence-electron chi connectivity index (χ2n) is 8.14. The van der Waals surface area contributed by atoms with Gasteiger partial charge in [-0.2, -0.15) is 0 Å². The van der Waals surface area contributed by atoms with E-state index in [1.54, 1.807) is 0 Å². The van der Waals surface area contributed by atoms with Crippen LogP contribution in [0.3, 0.4) is 0 Å². The van der Waals surface area contributed by atoms with Crippen LogP contribution < -0.4 is 10.6 Å². The Balaban J connectivity index is 4.59. The minimum atomic E-state index is -1.00. The number of rotatable bonds is 19. The number of nitrogens with one attached hydrogen (secondary N) is 2. The molecule has 0 aromatic heterocycles. The molecule has 10 nitrogen and oxygen atoms in total. The van der Waals surface area contributed by atoms with Gasteiger partial charge in [-0.05, 0) is 30.7 Å². The molecule has 2 amide bonds. The van der Waals surface area contributed by atoms with E-state index in [0.29, 0.717) is 32.4 Å². The Morgan fingerprint density at radius 2 is 1.79 bits per heavy atom. The van der Waals surface area contributed by atoms with Crippen LogP contribution >= 0.6 is 11.8 Å². The molecule has 0 aliphatic rings. The van der Waals surface area contributed by atoms with Crippen molar-refractivity contribution in [2.75, 3.05) is 25.4 Å². The molecule has 0 spiro atoms. The number of hydrogen-bond acceptors (Lipinski definition) is 7. The molecule has 0 rings (SSSR count). The van der Waals surface area contributed by atoms with Crippen LogP contribution in [0.25, 0.3) is 10.4 Å². The zero-order valence-electron chi connectivity index (χ0n) is 20.1. The summed E-state index contributed by atoms with van der Waals surface area (Å²) in [5, 5.41) is 8.52. The first kappa shape index (κ1) is 30.7. The number of azide groups is 1. The van der Waals surface area contributed by atoms with Gasteiger partial charge in [0, 0.05) is 36.6 Å². The van der Waals surface area contributed by atoms with E-state index in [1.807, 2.05) is 13.8 Å². The molecular weight excluding hydrogens is 446 g/mol. The van der Waals surface area contributed by atoms with Crippen molar-refractivity contribution >= 4 is 34.7 Å². The van der Waals surface area contributed by atoms with Crippen LogP contribution in [0.1, 0.15) is 78.6 Å². The van der Waals surface area contributed by atoms with Gasteiger partial charge in [-0.15, -0.1) is 0 Å². The molecule has 33 heavy (non-hydrogen) atoms. The average Bonchev–Trinajstić information content (AvgIpc) is 2.77. The summed E-state index contributed by atoms with van der Waals surface area (Å²) in [5.41, 5.74) is 8.25. The molecule has 0 aliphatic heterocycles. The van der Waals surface area contributed by atoms with Gasteiger partial charge in [-0.25, -0.2) is 0 Å².